The molecule has 0 bridgehead atoms. The van der Waals surface area contributed by atoms with Crippen molar-refractivity contribution < 1.29 is 18.0 Å². The van der Waals surface area contributed by atoms with Gasteiger partial charge >= 0.3 is 6.18 Å². The Hall–Kier alpha value is -2.12. The van der Waals surface area contributed by atoms with Crippen molar-refractivity contribution in [1.82, 2.24) is 15.1 Å². The first-order valence-electron chi connectivity index (χ1n) is 4.58. The lowest BCUT2D eigenvalue weighted by molar-refractivity contribution is -0.0583. The van der Waals surface area contributed by atoms with Gasteiger partial charge < -0.3 is 0 Å². The Balaban J connectivity index is 2.08. The lowest BCUT2D eigenvalue weighted by Gasteiger charge is -2.20. The van der Waals surface area contributed by atoms with Crippen molar-refractivity contribution in [3.05, 3.63) is 30.2 Å². The highest BCUT2D eigenvalue weighted by Gasteiger charge is 2.35. The lowest BCUT2D eigenvalue weighted by Crippen LogP contribution is -2.33. The topological polar surface area (TPSA) is 61.4 Å². The van der Waals surface area contributed by atoms with Crippen molar-refractivity contribution in [2.75, 3.05) is 6.67 Å². The maximum atomic E-state index is 12.2. The molecule has 1 N–H and O–H groups in total. The Labute approximate surface area is 93.6 Å². The predicted octanol–water partition coefficient (Wildman–Crippen LogP) is 1.34. The number of nitrogens with one attached hydrogen (secondary N) is 1. The summed E-state index contributed by atoms with van der Waals surface area (Å²) in [6.07, 6.45) is -1.29. The number of aliphatic imine (C=N–C) groups is 1. The maximum Gasteiger partial charge on any atom is 0.433 e. The van der Waals surface area contributed by atoms with Crippen molar-refractivity contribution in [2.45, 2.75) is 6.18 Å². The molecule has 0 aliphatic carbocycles. The molecule has 1 aliphatic rings. The van der Waals surface area contributed by atoms with Crippen molar-refractivity contribution >= 4 is 11.6 Å². The molecule has 1 aromatic heterocycles. The van der Waals surface area contributed by atoms with Crippen LogP contribution >= 0.6 is 0 Å². The van der Waals surface area contributed by atoms with E-state index in [0.29, 0.717) is 0 Å². The van der Waals surface area contributed by atoms with Crippen LogP contribution in [0.2, 0.25) is 0 Å². The summed E-state index contributed by atoms with van der Waals surface area (Å²) in [7, 11) is 0. The molecule has 0 unspecified atom stereocenters. The van der Waals surface area contributed by atoms with Crippen molar-refractivity contribution in [3.8, 4) is 0 Å². The molecule has 2 rings (SSSR count). The summed E-state index contributed by atoms with van der Waals surface area (Å²) >= 11 is 0. The molecule has 0 atom stereocenters. The Morgan fingerprint density at radius 2 is 2.24 bits per heavy atom. The standard InChI is InChI=1S/C9H7F3N4O/c10-9(11,12)7-2-4-16(5-13-7)8(17)6-1-3-14-15-6/h1-4H,5H2,(H,14,15). The van der Waals surface area contributed by atoms with Gasteiger partial charge in [-0.15, -0.1) is 0 Å². The zero-order chi connectivity index (χ0) is 12.5. The first-order valence-corrected chi connectivity index (χ1v) is 4.58. The fourth-order valence-electron chi connectivity index (χ4n) is 1.26. The van der Waals surface area contributed by atoms with E-state index in [1.54, 1.807) is 0 Å². The Kier molecular flexibility index (Phi) is 2.70. The van der Waals surface area contributed by atoms with E-state index in [0.717, 1.165) is 17.2 Å². The van der Waals surface area contributed by atoms with Crippen molar-refractivity contribution in [3.63, 3.8) is 0 Å². The first kappa shape index (κ1) is 11.4. The molecule has 5 nitrogen and oxygen atoms in total. The molecular formula is C9H7F3N4O. The number of aromatic nitrogens is 2. The SMILES string of the molecule is O=C(c1ccn[nH]1)N1C=CC(C(F)(F)F)=NC1. The Bertz CT molecular complexity index is 475. The normalized spacial score (nSPS) is 15.9. The van der Waals surface area contributed by atoms with Crippen LogP contribution in [0.3, 0.4) is 0 Å². The van der Waals surface area contributed by atoms with Gasteiger partial charge in [-0.1, -0.05) is 0 Å². The van der Waals surface area contributed by atoms with Gasteiger partial charge in [0.15, 0.2) is 0 Å². The van der Waals surface area contributed by atoms with E-state index in [-0.39, 0.29) is 12.4 Å². The lowest BCUT2D eigenvalue weighted by atomic mass is 10.3. The Morgan fingerprint density at radius 1 is 1.47 bits per heavy atom. The smallest absolute Gasteiger partial charge is 0.294 e. The van der Waals surface area contributed by atoms with Gasteiger partial charge in [-0.3, -0.25) is 19.8 Å². The number of hydrogen-bond acceptors (Lipinski definition) is 3. The minimum atomic E-state index is -4.49. The number of carbonyl (C=O) groups excluding carboxylic acids is 1. The summed E-state index contributed by atoms with van der Waals surface area (Å²) in [5, 5.41) is 6.01. The van der Waals surface area contributed by atoms with E-state index in [2.05, 4.69) is 15.2 Å². The second-order valence-corrected chi connectivity index (χ2v) is 3.24. The van der Waals surface area contributed by atoms with Crippen LogP contribution in [0.5, 0.6) is 0 Å². The third-order valence-corrected chi connectivity index (χ3v) is 2.09. The third kappa shape index (κ3) is 2.35. The quantitative estimate of drug-likeness (QED) is 0.810. The highest BCUT2D eigenvalue weighted by Crippen LogP contribution is 2.20. The average Bonchev–Trinajstić information content (AvgIpc) is 2.80. The van der Waals surface area contributed by atoms with Gasteiger partial charge in [0.25, 0.3) is 5.91 Å². The fraction of sp³-hybridized carbons (Fsp3) is 0.222. The van der Waals surface area contributed by atoms with Gasteiger partial charge in [-0.25, -0.2) is 0 Å². The van der Waals surface area contributed by atoms with Crippen molar-refractivity contribution in [1.29, 1.82) is 0 Å². The first-order chi connectivity index (χ1) is 7.98. The summed E-state index contributed by atoms with van der Waals surface area (Å²) in [6.45, 7) is -0.358. The summed E-state index contributed by atoms with van der Waals surface area (Å²) in [6, 6.07) is 1.43. The number of nitrogens with zero attached hydrogens (tertiary/aromatic N) is 3. The molecule has 8 heteroatoms. The molecular weight excluding hydrogens is 237 g/mol. The summed E-state index contributed by atoms with van der Waals surface area (Å²) in [5.41, 5.74) is -0.800. The van der Waals surface area contributed by atoms with Gasteiger partial charge in [0.1, 0.15) is 18.1 Å². The minimum absolute atomic E-state index is 0.195. The summed E-state index contributed by atoms with van der Waals surface area (Å²) in [4.78, 5) is 16.0. The second-order valence-electron chi connectivity index (χ2n) is 3.24. The average molecular weight is 244 g/mol. The van der Waals surface area contributed by atoms with Gasteiger partial charge in [-0.05, 0) is 12.1 Å². The highest BCUT2D eigenvalue weighted by atomic mass is 19.4. The van der Waals surface area contributed by atoms with Crippen LogP contribution in [-0.4, -0.2) is 39.6 Å². The maximum absolute atomic E-state index is 12.2. The molecule has 1 aromatic rings. The van der Waals surface area contributed by atoms with Gasteiger partial charge in [-0.2, -0.15) is 18.3 Å². The summed E-state index contributed by atoms with van der Waals surface area (Å²) in [5.74, 6) is -0.483. The van der Waals surface area contributed by atoms with Crippen LogP contribution in [0.1, 0.15) is 10.5 Å². The van der Waals surface area contributed by atoms with E-state index in [1.165, 1.54) is 12.3 Å². The molecule has 0 radical (unpaired) electrons. The number of aromatic amines is 1. The zero-order valence-electron chi connectivity index (χ0n) is 8.40. The van der Waals surface area contributed by atoms with Gasteiger partial charge in [0.05, 0.1) is 0 Å². The van der Waals surface area contributed by atoms with Crippen LogP contribution in [-0.2, 0) is 0 Å². The number of rotatable bonds is 1. The van der Waals surface area contributed by atoms with E-state index in [1.807, 2.05) is 0 Å². The van der Waals surface area contributed by atoms with Crippen LogP contribution in [0.15, 0.2) is 29.5 Å². The second kappa shape index (κ2) is 4.04. The van der Waals surface area contributed by atoms with Gasteiger partial charge in [0, 0.05) is 12.4 Å². The van der Waals surface area contributed by atoms with E-state index >= 15 is 0 Å². The number of hydrogen-bond donors (Lipinski definition) is 1. The van der Waals surface area contributed by atoms with Crippen molar-refractivity contribution in [2.24, 2.45) is 4.99 Å². The number of amides is 1. The van der Waals surface area contributed by atoms with Gasteiger partial charge in [0.2, 0.25) is 0 Å². The van der Waals surface area contributed by atoms with Crippen LogP contribution in [0.4, 0.5) is 13.2 Å². The predicted molar refractivity (Wildman–Crippen MR) is 52.3 cm³/mol. The number of allylic oxidation sites excluding steroid dienone is 1. The van der Waals surface area contributed by atoms with Crippen LogP contribution in [0, 0.1) is 0 Å². The Morgan fingerprint density at radius 3 is 2.71 bits per heavy atom. The molecule has 2 heterocycles. The molecule has 0 saturated heterocycles. The molecule has 1 amide bonds. The largest absolute Gasteiger partial charge is 0.433 e. The number of halogens is 3. The zero-order valence-corrected chi connectivity index (χ0v) is 8.40. The van der Waals surface area contributed by atoms with E-state index < -0.39 is 17.8 Å². The third-order valence-electron chi connectivity index (χ3n) is 2.09. The van der Waals surface area contributed by atoms with E-state index in [4.69, 9.17) is 0 Å². The van der Waals surface area contributed by atoms with E-state index in [9.17, 15) is 18.0 Å². The summed E-state index contributed by atoms with van der Waals surface area (Å²) < 4.78 is 36.7. The number of carbonyl (C=O) groups is 1. The van der Waals surface area contributed by atoms with Crippen LogP contribution in [0.25, 0.3) is 0 Å². The molecule has 0 saturated carbocycles. The number of alkyl halides is 3. The molecule has 0 aromatic carbocycles. The molecule has 1 aliphatic heterocycles. The monoisotopic (exact) mass is 244 g/mol. The minimum Gasteiger partial charge on any atom is -0.294 e. The number of H-pyrrole nitrogens is 1. The molecule has 90 valence electrons. The highest BCUT2D eigenvalue weighted by molar-refractivity contribution is 6.01. The van der Waals surface area contributed by atoms with Crippen LogP contribution < -0.4 is 0 Å². The fourth-order valence-corrected chi connectivity index (χ4v) is 1.26. The molecule has 0 spiro atoms. The molecule has 0 fully saturated rings. The molecule has 17 heavy (non-hydrogen) atoms.